The predicted octanol–water partition coefficient (Wildman–Crippen LogP) is 1.74. The third-order valence-electron chi connectivity index (χ3n) is 1.49. The van der Waals surface area contributed by atoms with Crippen LogP contribution in [0.5, 0.6) is 0 Å². The summed E-state index contributed by atoms with van der Waals surface area (Å²) in [5.41, 5.74) is 0.366. The van der Waals surface area contributed by atoms with Gasteiger partial charge < -0.3 is 5.32 Å². The topological polar surface area (TPSA) is 66.4 Å². The molecule has 0 saturated heterocycles. The Morgan fingerprint density at radius 3 is 2.54 bits per heavy atom. The zero-order valence-corrected chi connectivity index (χ0v) is 9.18. The van der Waals surface area contributed by atoms with Crippen molar-refractivity contribution in [2.75, 3.05) is 12.4 Å². The molecule has 2 N–H and O–H groups in total. The van der Waals surface area contributed by atoms with Crippen LogP contribution in [-0.2, 0) is 10.1 Å². The van der Waals surface area contributed by atoms with Crippen LogP contribution < -0.4 is 5.32 Å². The minimum atomic E-state index is -4.16. The smallest absolute Gasteiger partial charge is 0.296 e. The van der Waals surface area contributed by atoms with Gasteiger partial charge in [0.05, 0.1) is 5.69 Å². The lowest BCUT2D eigenvalue weighted by Gasteiger charge is -2.05. The van der Waals surface area contributed by atoms with Gasteiger partial charge >= 0.3 is 0 Å². The molecule has 0 spiro atoms. The molecule has 0 bridgehead atoms. The first-order valence-electron chi connectivity index (χ1n) is 3.40. The van der Waals surface area contributed by atoms with Gasteiger partial charge in [0.2, 0.25) is 0 Å². The van der Waals surface area contributed by atoms with Gasteiger partial charge in [-0.15, -0.1) is 0 Å². The van der Waals surface area contributed by atoms with Crippen LogP contribution >= 0.6 is 15.9 Å². The fourth-order valence-corrected chi connectivity index (χ4v) is 2.15. The number of halogens is 1. The van der Waals surface area contributed by atoms with Gasteiger partial charge in [-0.05, 0) is 18.2 Å². The number of benzene rings is 1. The Morgan fingerprint density at radius 2 is 2.08 bits per heavy atom. The summed E-state index contributed by atoms with van der Waals surface area (Å²) in [5.74, 6) is 0. The summed E-state index contributed by atoms with van der Waals surface area (Å²) < 4.78 is 31.2. The second-order valence-electron chi connectivity index (χ2n) is 2.37. The van der Waals surface area contributed by atoms with Crippen molar-refractivity contribution in [1.29, 1.82) is 0 Å². The van der Waals surface area contributed by atoms with Gasteiger partial charge in [-0.2, -0.15) is 8.42 Å². The van der Waals surface area contributed by atoms with Gasteiger partial charge in [-0.1, -0.05) is 15.9 Å². The number of nitrogens with one attached hydrogen (secondary N) is 1. The van der Waals surface area contributed by atoms with Crippen LogP contribution in [0.2, 0.25) is 0 Å². The van der Waals surface area contributed by atoms with Crippen LogP contribution in [-0.4, -0.2) is 20.0 Å². The third-order valence-corrected chi connectivity index (χ3v) is 2.88. The van der Waals surface area contributed by atoms with E-state index in [9.17, 15) is 8.42 Å². The first kappa shape index (κ1) is 10.5. The summed E-state index contributed by atoms with van der Waals surface area (Å²) >= 11 is 3.11. The highest BCUT2D eigenvalue weighted by Gasteiger charge is 2.14. The maximum absolute atomic E-state index is 10.9. The van der Waals surface area contributed by atoms with E-state index < -0.39 is 10.1 Å². The van der Waals surface area contributed by atoms with E-state index >= 15 is 0 Å². The molecule has 1 aromatic rings. The Morgan fingerprint density at radius 1 is 1.46 bits per heavy atom. The lowest BCUT2D eigenvalue weighted by molar-refractivity contribution is 0.483. The molecule has 6 heteroatoms. The van der Waals surface area contributed by atoms with E-state index in [1.165, 1.54) is 6.07 Å². The fourth-order valence-electron chi connectivity index (χ4n) is 0.916. The van der Waals surface area contributed by atoms with Crippen molar-refractivity contribution >= 4 is 31.7 Å². The first-order valence-corrected chi connectivity index (χ1v) is 5.63. The Balaban J connectivity index is 3.41. The van der Waals surface area contributed by atoms with Crippen LogP contribution in [0.1, 0.15) is 0 Å². The molecule has 0 amide bonds. The van der Waals surface area contributed by atoms with Crippen molar-refractivity contribution in [3.05, 3.63) is 22.7 Å². The molecule has 0 aliphatic heterocycles. The standard InChI is InChI=1S/C7H8BrNO3S/c1-9-6-3-2-5(8)4-7(6)13(10,11)12/h2-4,9H,1H3,(H,10,11,12). The van der Waals surface area contributed by atoms with Crippen molar-refractivity contribution in [2.45, 2.75) is 4.90 Å². The SMILES string of the molecule is CNc1ccc(Br)cc1S(=O)(=O)O. The van der Waals surface area contributed by atoms with Gasteiger partial charge in [0.1, 0.15) is 4.90 Å². The normalized spacial score (nSPS) is 11.3. The third kappa shape index (κ3) is 2.43. The molecular formula is C7H8BrNO3S. The summed E-state index contributed by atoms with van der Waals surface area (Å²) in [6, 6.07) is 4.58. The lowest BCUT2D eigenvalue weighted by Crippen LogP contribution is -2.03. The molecule has 0 unspecified atom stereocenters. The summed E-state index contributed by atoms with van der Waals surface area (Å²) in [7, 11) is -2.58. The van der Waals surface area contributed by atoms with Gasteiger partial charge in [-0.3, -0.25) is 4.55 Å². The van der Waals surface area contributed by atoms with Crippen molar-refractivity contribution in [1.82, 2.24) is 0 Å². The fraction of sp³-hybridized carbons (Fsp3) is 0.143. The molecule has 4 nitrogen and oxygen atoms in total. The highest BCUT2D eigenvalue weighted by atomic mass is 79.9. The molecule has 72 valence electrons. The molecular weight excluding hydrogens is 258 g/mol. The summed E-state index contributed by atoms with van der Waals surface area (Å²) in [5, 5.41) is 2.67. The second-order valence-corrected chi connectivity index (χ2v) is 4.67. The van der Waals surface area contributed by atoms with Crippen LogP contribution in [0, 0.1) is 0 Å². The van der Waals surface area contributed by atoms with Gasteiger partial charge in [0.15, 0.2) is 0 Å². The Bertz CT molecular complexity index is 416. The highest BCUT2D eigenvalue weighted by Crippen LogP contribution is 2.24. The van der Waals surface area contributed by atoms with E-state index in [2.05, 4.69) is 21.2 Å². The molecule has 1 rings (SSSR count). The van der Waals surface area contributed by atoms with Crippen LogP contribution in [0.25, 0.3) is 0 Å². The molecule has 0 aliphatic rings. The molecule has 0 aliphatic carbocycles. The molecule has 0 heterocycles. The summed E-state index contributed by atoms with van der Waals surface area (Å²) in [6.07, 6.45) is 0. The first-order chi connectivity index (χ1) is 5.95. The molecule has 0 fully saturated rings. The Hall–Kier alpha value is -0.590. The molecule has 0 aromatic heterocycles. The average Bonchev–Trinajstić information content (AvgIpc) is 2.03. The van der Waals surface area contributed by atoms with Crippen molar-refractivity contribution in [2.24, 2.45) is 0 Å². The summed E-state index contributed by atoms with van der Waals surface area (Å²) in [6.45, 7) is 0. The largest absolute Gasteiger partial charge is 0.387 e. The number of anilines is 1. The van der Waals surface area contributed by atoms with Crippen molar-refractivity contribution in [3.63, 3.8) is 0 Å². The van der Waals surface area contributed by atoms with Crippen LogP contribution in [0.3, 0.4) is 0 Å². The molecule has 13 heavy (non-hydrogen) atoms. The maximum Gasteiger partial charge on any atom is 0.296 e. The minimum Gasteiger partial charge on any atom is -0.387 e. The van der Waals surface area contributed by atoms with Gasteiger partial charge in [0, 0.05) is 11.5 Å². The lowest BCUT2D eigenvalue weighted by atomic mass is 10.3. The average molecular weight is 266 g/mol. The van der Waals surface area contributed by atoms with E-state index in [-0.39, 0.29) is 4.90 Å². The molecule has 1 aromatic carbocycles. The summed E-state index contributed by atoms with van der Waals surface area (Å²) in [4.78, 5) is -0.135. The highest BCUT2D eigenvalue weighted by molar-refractivity contribution is 9.10. The van der Waals surface area contributed by atoms with Gasteiger partial charge in [0.25, 0.3) is 10.1 Å². The monoisotopic (exact) mass is 265 g/mol. The second kappa shape index (κ2) is 3.65. The molecule has 0 radical (unpaired) electrons. The maximum atomic E-state index is 10.9. The van der Waals surface area contributed by atoms with E-state index in [1.54, 1.807) is 19.2 Å². The van der Waals surface area contributed by atoms with E-state index in [0.717, 1.165) is 0 Å². The van der Waals surface area contributed by atoms with E-state index in [4.69, 9.17) is 4.55 Å². The van der Waals surface area contributed by atoms with Crippen molar-refractivity contribution < 1.29 is 13.0 Å². The predicted molar refractivity (Wildman–Crippen MR) is 53.5 cm³/mol. The minimum absolute atomic E-state index is 0.135. The van der Waals surface area contributed by atoms with Crippen LogP contribution in [0.15, 0.2) is 27.6 Å². The quantitative estimate of drug-likeness (QED) is 0.800. The zero-order valence-electron chi connectivity index (χ0n) is 6.78. The molecule has 0 saturated carbocycles. The number of hydrogen-bond acceptors (Lipinski definition) is 3. The van der Waals surface area contributed by atoms with E-state index in [1.807, 2.05) is 0 Å². The number of hydrogen-bond donors (Lipinski definition) is 2. The Labute approximate surface area is 84.8 Å². The van der Waals surface area contributed by atoms with Gasteiger partial charge in [-0.25, -0.2) is 0 Å². The Kier molecular flexibility index (Phi) is 2.94. The number of rotatable bonds is 2. The van der Waals surface area contributed by atoms with Crippen molar-refractivity contribution in [3.8, 4) is 0 Å². The zero-order chi connectivity index (χ0) is 10.1. The van der Waals surface area contributed by atoms with E-state index in [0.29, 0.717) is 10.2 Å². The molecule has 0 atom stereocenters. The van der Waals surface area contributed by atoms with Crippen LogP contribution in [0.4, 0.5) is 5.69 Å².